The smallest absolute Gasteiger partial charge is 0.0350 e. The van der Waals surface area contributed by atoms with Crippen LogP contribution in [0.3, 0.4) is 0 Å². The third-order valence-corrected chi connectivity index (χ3v) is 1.25. The lowest BCUT2D eigenvalue weighted by molar-refractivity contribution is 0.197. The standard InChI is InChI=1S/C5H16N4/c1-5(9(3)7)4-8(2)6/h5H,4,6-7H2,1-3H3. The summed E-state index contributed by atoms with van der Waals surface area (Å²) in [5, 5.41) is 3.26. The summed E-state index contributed by atoms with van der Waals surface area (Å²) in [4.78, 5) is 0. The van der Waals surface area contributed by atoms with Crippen molar-refractivity contribution in [3.8, 4) is 0 Å². The predicted octanol–water partition coefficient (Wildman–Crippen LogP) is -1.01. The fraction of sp³-hybridized carbons (Fsp3) is 1.00. The van der Waals surface area contributed by atoms with Crippen molar-refractivity contribution in [2.45, 2.75) is 13.0 Å². The molecule has 1 unspecified atom stereocenters. The molecular formula is C5H16N4. The van der Waals surface area contributed by atoms with Gasteiger partial charge in [-0.05, 0) is 6.92 Å². The van der Waals surface area contributed by atoms with E-state index in [0.717, 1.165) is 6.54 Å². The average Bonchev–Trinajstić information content (AvgIpc) is 1.63. The Balaban J connectivity index is 3.38. The Bertz CT molecular complexity index is 71.4. The molecule has 0 radical (unpaired) electrons. The van der Waals surface area contributed by atoms with Crippen LogP contribution in [0.1, 0.15) is 6.92 Å². The molecule has 0 aliphatic heterocycles. The zero-order chi connectivity index (χ0) is 7.44. The minimum absolute atomic E-state index is 0.306. The van der Waals surface area contributed by atoms with Crippen LogP contribution in [0.5, 0.6) is 0 Å². The molecule has 0 fully saturated rings. The molecule has 0 heterocycles. The Hall–Kier alpha value is -0.160. The number of nitrogens with zero attached hydrogens (tertiary/aromatic N) is 2. The maximum atomic E-state index is 5.44. The topological polar surface area (TPSA) is 58.5 Å². The second kappa shape index (κ2) is 3.79. The summed E-state index contributed by atoms with van der Waals surface area (Å²) in [5.41, 5.74) is 0. The first-order chi connectivity index (χ1) is 4.04. The summed E-state index contributed by atoms with van der Waals surface area (Å²) < 4.78 is 0. The number of hydrazine groups is 2. The van der Waals surface area contributed by atoms with Crippen molar-refractivity contribution in [3.05, 3.63) is 0 Å². The quantitative estimate of drug-likeness (QED) is 0.381. The molecular weight excluding hydrogens is 116 g/mol. The van der Waals surface area contributed by atoms with Gasteiger partial charge in [-0.3, -0.25) is 11.7 Å². The summed E-state index contributed by atoms with van der Waals surface area (Å²) in [5.74, 6) is 10.8. The van der Waals surface area contributed by atoms with Gasteiger partial charge in [-0.25, -0.2) is 10.0 Å². The first-order valence-corrected chi connectivity index (χ1v) is 2.97. The molecule has 0 aromatic heterocycles. The van der Waals surface area contributed by atoms with E-state index in [-0.39, 0.29) is 0 Å². The van der Waals surface area contributed by atoms with Crippen LogP contribution in [0.15, 0.2) is 0 Å². The van der Waals surface area contributed by atoms with Crippen molar-refractivity contribution in [1.29, 1.82) is 0 Å². The van der Waals surface area contributed by atoms with E-state index >= 15 is 0 Å². The van der Waals surface area contributed by atoms with Gasteiger partial charge < -0.3 is 0 Å². The molecule has 4 heteroatoms. The van der Waals surface area contributed by atoms with Crippen LogP contribution in [-0.2, 0) is 0 Å². The molecule has 0 bridgehead atoms. The van der Waals surface area contributed by atoms with Gasteiger partial charge in [0.15, 0.2) is 0 Å². The van der Waals surface area contributed by atoms with E-state index < -0.39 is 0 Å². The lowest BCUT2D eigenvalue weighted by atomic mass is 10.3. The van der Waals surface area contributed by atoms with Gasteiger partial charge in [0.2, 0.25) is 0 Å². The Morgan fingerprint density at radius 3 is 1.89 bits per heavy atom. The molecule has 4 nitrogen and oxygen atoms in total. The second-order valence-corrected chi connectivity index (χ2v) is 2.45. The maximum Gasteiger partial charge on any atom is 0.0350 e. The van der Waals surface area contributed by atoms with E-state index in [0.29, 0.717) is 6.04 Å². The van der Waals surface area contributed by atoms with Crippen molar-refractivity contribution >= 4 is 0 Å². The van der Waals surface area contributed by atoms with E-state index in [1.165, 1.54) is 0 Å². The predicted molar refractivity (Wildman–Crippen MR) is 38.2 cm³/mol. The van der Waals surface area contributed by atoms with Crippen LogP contribution in [0.2, 0.25) is 0 Å². The monoisotopic (exact) mass is 132 g/mol. The summed E-state index contributed by atoms with van der Waals surface area (Å²) >= 11 is 0. The SMILES string of the molecule is CC(CN(C)N)N(C)N. The van der Waals surface area contributed by atoms with Crippen LogP contribution in [0.25, 0.3) is 0 Å². The van der Waals surface area contributed by atoms with Crippen molar-refractivity contribution in [1.82, 2.24) is 10.0 Å². The van der Waals surface area contributed by atoms with Gasteiger partial charge in [-0.2, -0.15) is 0 Å². The second-order valence-electron chi connectivity index (χ2n) is 2.45. The van der Waals surface area contributed by atoms with Gasteiger partial charge >= 0.3 is 0 Å². The molecule has 0 aliphatic rings. The molecule has 0 aromatic rings. The Kier molecular flexibility index (Phi) is 3.72. The van der Waals surface area contributed by atoms with E-state index in [9.17, 15) is 0 Å². The number of nitrogens with two attached hydrogens (primary N) is 2. The summed E-state index contributed by atoms with van der Waals surface area (Å²) in [6, 6.07) is 0.306. The van der Waals surface area contributed by atoms with Crippen LogP contribution < -0.4 is 11.7 Å². The zero-order valence-electron chi connectivity index (χ0n) is 6.33. The summed E-state index contributed by atoms with van der Waals surface area (Å²) in [6.45, 7) is 2.80. The number of likely N-dealkylation sites (N-methyl/N-ethyl adjacent to an activating group) is 2. The van der Waals surface area contributed by atoms with Gasteiger partial charge in [0.05, 0.1) is 0 Å². The lowest BCUT2D eigenvalue weighted by Crippen LogP contribution is -2.44. The van der Waals surface area contributed by atoms with Crippen molar-refractivity contribution in [2.24, 2.45) is 11.7 Å². The molecule has 56 valence electrons. The molecule has 0 aliphatic carbocycles. The van der Waals surface area contributed by atoms with E-state index in [4.69, 9.17) is 11.7 Å². The highest BCUT2D eigenvalue weighted by Crippen LogP contribution is 1.87. The van der Waals surface area contributed by atoms with Crippen LogP contribution >= 0.6 is 0 Å². The molecule has 0 spiro atoms. The van der Waals surface area contributed by atoms with Gasteiger partial charge in [0, 0.05) is 26.7 Å². The maximum absolute atomic E-state index is 5.44. The summed E-state index contributed by atoms with van der Waals surface area (Å²) in [7, 11) is 3.65. The fourth-order valence-corrected chi connectivity index (χ4v) is 0.546. The lowest BCUT2D eigenvalue weighted by Gasteiger charge is -2.22. The first kappa shape index (κ1) is 8.84. The fourth-order valence-electron chi connectivity index (χ4n) is 0.546. The van der Waals surface area contributed by atoms with E-state index in [1.54, 1.807) is 10.0 Å². The average molecular weight is 132 g/mol. The summed E-state index contributed by atoms with van der Waals surface area (Å²) in [6.07, 6.45) is 0. The molecule has 9 heavy (non-hydrogen) atoms. The minimum atomic E-state index is 0.306. The molecule has 0 saturated heterocycles. The normalized spacial score (nSPS) is 15.0. The minimum Gasteiger partial charge on any atom is -0.269 e. The Morgan fingerprint density at radius 1 is 1.33 bits per heavy atom. The highest BCUT2D eigenvalue weighted by Gasteiger charge is 2.04. The van der Waals surface area contributed by atoms with Crippen LogP contribution in [-0.4, -0.2) is 36.7 Å². The first-order valence-electron chi connectivity index (χ1n) is 2.97. The number of hydrogen-bond acceptors (Lipinski definition) is 4. The molecule has 0 aromatic carbocycles. The van der Waals surface area contributed by atoms with Crippen molar-refractivity contribution < 1.29 is 0 Å². The Labute approximate surface area is 56.3 Å². The molecule has 0 amide bonds. The van der Waals surface area contributed by atoms with Gasteiger partial charge in [0.1, 0.15) is 0 Å². The molecule has 1 atom stereocenters. The Morgan fingerprint density at radius 2 is 1.78 bits per heavy atom. The van der Waals surface area contributed by atoms with Crippen LogP contribution in [0.4, 0.5) is 0 Å². The highest BCUT2D eigenvalue weighted by molar-refractivity contribution is 4.58. The van der Waals surface area contributed by atoms with E-state index in [1.807, 2.05) is 21.0 Å². The largest absolute Gasteiger partial charge is 0.269 e. The third-order valence-electron chi connectivity index (χ3n) is 1.25. The van der Waals surface area contributed by atoms with Crippen molar-refractivity contribution in [2.75, 3.05) is 20.6 Å². The highest BCUT2D eigenvalue weighted by atomic mass is 15.4. The molecule has 0 saturated carbocycles. The van der Waals surface area contributed by atoms with E-state index in [2.05, 4.69) is 0 Å². The molecule has 4 N–H and O–H groups in total. The third kappa shape index (κ3) is 4.35. The number of hydrogen-bond donors (Lipinski definition) is 2. The van der Waals surface area contributed by atoms with Gasteiger partial charge in [0.25, 0.3) is 0 Å². The van der Waals surface area contributed by atoms with Gasteiger partial charge in [-0.1, -0.05) is 0 Å². The van der Waals surface area contributed by atoms with Crippen molar-refractivity contribution in [3.63, 3.8) is 0 Å². The van der Waals surface area contributed by atoms with Gasteiger partial charge in [-0.15, -0.1) is 0 Å². The van der Waals surface area contributed by atoms with Crippen LogP contribution in [0, 0.1) is 0 Å². The zero-order valence-corrected chi connectivity index (χ0v) is 6.33. The number of rotatable bonds is 3. The molecule has 0 rings (SSSR count).